The van der Waals surface area contributed by atoms with Crippen molar-refractivity contribution in [1.29, 1.82) is 0 Å². The SMILES string of the molecule is NCc1csc(CC(N)=S)n1. The highest BCUT2D eigenvalue weighted by atomic mass is 32.1. The topological polar surface area (TPSA) is 64.9 Å². The van der Waals surface area contributed by atoms with E-state index in [-0.39, 0.29) is 0 Å². The van der Waals surface area contributed by atoms with Gasteiger partial charge in [-0.2, -0.15) is 0 Å². The zero-order chi connectivity index (χ0) is 8.27. The second-order valence-corrected chi connectivity index (χ2v) is 3.55. The summed E-state index contributed by atoms with van der Waals surface area (Å²) in [6.07, 6.45) is 0.583. The third kappa shape index (κ3) is 2.53. The van der Waals surface area contributed by atoms with Crippen LogP contribution in [0.15, 0.2) is 5.38 Å². The largest absolute Gasteiger partial charge is 0.393 e. The van der Waals surface area contributed by atoms with Crippen LogP contribution in [-0.2, 0) is 13.0 Å². The van der Waals surface area contributed by atoms with Gasteiger partial charge in [-0.05, 0) is 0 Å². The van der Waals surface area contributed by atoms with E-state index in [0.717, 1.165) is 10.7 Å². The molecule has 4 N–H and O–H groups in total. The van der Waals surface area contributed by atoms with Crippen molar-refractivity contribution in [3.63, 3.8) is 0 Å². The first kappa shape index (κ1) is 8.58. The van der Waals surface area contributed by atoms with Crippen molar-refractivity contribution >= 4 is 28.5 Å². The van der Waals surface area contributed by atoms with Crippen molar-refractivity contribution in [2.45, 2.75) is 13.0 Å². The molecule has 0 aliphatic rings. The molecule has 3 nitrogen and oxygen atoms in total. The predicted molar refractivity (Wildman–Crippen MR) is 50.5 cm³/mol. The van der Waals surface area contributed by atoms with Crippen molar-refractivity contribution in [3.05, 3.63) is 16.1 Å². The van der Waals surface area contributed by atoms with E-state index in [1.165, 1.54) is 0 Å². The van der Waals surface area contributed by atoms with Gasteiger partial charge >= 0.3 is 0 Å². The molecule has 0 fully saturated rings. The highest BCUT2D eigenvalue weighted by Crippen LogP contribution is 2.09. The highest BCUT2D eigenvalue weighted by molar-refractivity contribution is 7.80. The lowest BCUT2D eigenvalue weighted by Crippen LogP contribution is -2.10. The molecule has 0 bridgehead atoms. The Kier molecular flexibility index (Phi) is 2.92. The standard InChI is InChI=1S/C6H9N3S2/c7-2-4-3-11-6(9-4)1-5(8)10/h3H,1-2,7H2,(H2,8,10). The van der Waals surface area contributed by atoms with Crippen LogP contribution in [0.1, 0.15) is 10.7 Å². The second-order valence-electron chi connectivity index (χ2n) is 2.08. The third-order valence-electron chi connectivity index (χ3n) is 1.13. The Morgan fingerprint density at radius 1 is 1.73 bits per heavy atom. The zero-order valence-electron chi connectivity index (χ0n) is 5.91. The van der Waals surface area contributed by atoms with Gasteiger partial charge in [0.25, 0.3) is 0 Å². The Labute approximate surface area is 74.4 Å². The van der Waals surface area contributed by atoms with Crippen molar-refractivity contribution in [3.8, 4) is 0 Å². The summed E-state index contributed by atoms with van der Waals surface area (Å²) >= 11 is 6.28. The Morgan fingerprint density at radius 3 is 2.91 bits per heavy atom. The summed E-state index contributed by atoms with van der Waals surface area (Å²) in [4.78, 5) is 4.67. The molecular weight excluding hydrogens is 178 g/mol. The average Bonchev–Trinajstić information content (AvgIpc) is 2.34. The zero-order valence-corrected chi connectivity index (χ0v) is 7.54. The minimum atomic E-state index is 0.475. The van der Waals surface area contributed by atoms with E-state index in [4.69, 9.17) is 23.7 Å². The number of rotatable bonds is 3. The van der Waals surface area contributed by atoms with Gasteiger partial charge < -0.3 is 11.5 Å². The van der Waals surface area contributed by atoms with Crippen LogP contribution < -0.4 is 11.5 Å². The van der Waals surface area contributed by atoms with Crippen LogP contribution in [0.25, 0.3) is 0 Å². The Bertz CT molecular complexity index is 256. The number of hydrogen-bond acceptors (Lipinski definition) is 4. The molecule has 0 spiro atoms. The van der Waals surface area contributed by atoms with Gasteiger partial charge in [-0.3, -0.25) is 0 Å². The van der Waals surface area contributed by atoms with E-state index in [0.29, 0.717) is 18.0 Å². The molecule has 0 radical (unpaired) electrons. The molecule has 5 heteroatoms. The van der Waals surface area contributed by atoms with Crippen LogP contribution in [0, 0.1) is 0 Å². The van der Waals surface area contributed by atoms with Crippen molar-refractivity contribution < 1.29 is 0 Å². The molecule has 1 aromatic rings. The summed E-state index contributed by atoms with van der Waals surface area (Å²) in [6, 6.07) is 0. The summed E-state index contributed by atoms with van der Waals surface area (Å²) in [5.41, 5.74) is 11.6. The van der Waals surface area contributed by atoms with E-state index in [1.54, 1.807) is 11.3 Å². The van der Waals surface area contributed by atoms with E-state index in [9.17, 15) is 0 Å². The maximum atomic E-state index is 5.37. The number of nitrogens with two attached hydrogens (primary N) is 2. The third-order valence-corrected chi connectivity index (χ3v) is 2.18. The molecule has 0 aliphatic carbocycles. The molecule has 0 saturated carbocycles. The smallest absolute Gasteiger partial charge is 0.0996 e. The molecule has 0 amide bonds. The van der Waals surface area contributed by atoms with Crippen LogP contribution in [0.3, 0.4) is 0 Å². The van der Waals surface area contributed by atoms with Gasteiger partial charge in [0.15, 0.2) is 0 Å². The first-order valence-electron chi connectivity index (χ1n) is 3.14. The Balaban J connectivity index is 2.65. The summed E-state index contributed by atoms with van der Waals surface area (Å²) in [6.45, 7) is 0.480. The van der Waals surface area contributed by atoms with Gasteiger partial charge in [-0.1, -0.05) is 12.2 Å². The summed E-state index contributed by atoms with van der Waals surface area (Å²) < 4.78 is 0. The first-order chi connectivity index (χ1) is 5.22. The van der Waals surface area contributed by atoms with Crippen molar-refractivity contribution in [1.82, 2.24) is 4.98 Å². The van der Waals surface area contributed by atoms with Crippen molar-refractivity contribution in [2.24, 2.45) is 11.5 Å². The predicted octanol–water partition coefficient (Wildman–Crippen LogP) is 0.430. The van der Waals surface area contributed by atoms with Crippen LogP contribution in [0.2, 0.25) is 0 Å². The Morgan fingerprint density at radius 2 is 2.45 bits per heavy atom. The monoisotopic (exact) mass is 187 g/mol. The second kappa shape index (κ2) is 3.75. The number of thiocarbonyl (C=S) groups is 1. The summed E-state index contributed by atoms with van der Waals surface area (Å²) in [7, 11) is 0. The molecule has 0 saturated heterocycles. The lowest BCUT2D eigenvalue weighted by Gasteiger charge is -1.90. The molecule has 1 rings (SSSR count). The molecule has 1 heterocycles. The summed E-state index contributed by atoms with van der Waals surface area (Å²) in [5, 5.41) is 2.87. The van der Waals surface area contributed by atoms with E-state index in [1.807, 2.05) is 5.38 Å². The maximum absolute atomic E-state index is 5.37. The fourth-order valence-electron chi connectivity index (χ4n) is 0.673. The number of nitrogens with zero attached hydrogens (tertiary/aromatic N) is 1. The average molecular weight is 187 g/mol. The van der Waals surface area contributed by atoms with E-state index >= 15 is 0 Å². The lowest BCUT2D eigenvalue weighted by atomic mass is 10.4. The first-order valence-corrected chi connectivity index (χ1v) is 4.43. The fourth-order valence-corrected chi connectivity index (χ4v) is 1.73. The van der Waals surface area contributed by atoms with Crippen LogP contribution in [0.5, 0.6) is 0 Å². The van der Waals surface area contributed by atoms with E-state index < -0.39 is 0 Å². The van der Waals surface area contributed by atoms with E-state index in [2.05, 4.69) is 4.98 Å². The van der Waals surface area contributed by atoms with Crippen molar-refractivity contribution in [2.75, 3.05) is 0 Å². The molecule has 0 aliphatic heterocycles. The molecular formula is C6H9N3S2. The number of aromatic nitrogens is 1. The number of thiazole rings is 1. The maximum Gasteiger partial charge on any atom is 0.0996 e. The molecule has 60 valence electrons. The van der Waals surface area contributed by atoms with Gasteiger partial charge in [-0.15, -0.1) is 11.3 Å². The normalized spacial score (nSPS) is 9.91. The highest BCUT2D eigenvalue weighted by Gasteiger charge is 2.00. The minimum Gasteiger partial charge on any atom is -0.393 e. The van der Waals surface area contributed by atoms with Gasteiger partial charge in [0, 0.05) is 18.3 Å². The molecule has 0 atom stereocenters. The quantitative estimate of drug-likeness (QED) is 0.674. The number of hydrogen-bond donors (Lipinski definition) is 2. The molecule has 0 unspecified atom stereocenters. The minimum absolute atomic E-state index is 0.475. The van der Waals surface area contributed by atoms with Gasteiger partial charge in [0.05, 0.1) is 15.7 Å². The van der Waals surface area contributed by atoms with Gasteiger partial charge in [-0.25, -0.2) is 4.98 Å². The van der Waals surface area contributed by atoms with Crippen LogP contribution in [0.4, 0.5) is 0 Å². The van der Waals surface area contributed by atoms with Crippen LogP contribution in [-0.4, -0.2) is 9.97 Å². The van der Waals surface area contributed by atoms with Crippen LogP contribution >= 0.6 is 23.6 Å². The fraction of sp³-hybridized carbons (Fsp3) is 0.333. The van der Waals surface area contributed by atoms with Gasteiger partial charge in [0.2, 0.25) is 0 Å². The molecule has 11 heavy (non-hydrogen) atoms. The van der Waals surface area contributed by atoms with Gasteiger partial charge in [0.1, 0.15) is 0 Å². The molecule has 0 aromatic carbocycles. The molecule has 1 aromatic heterocycles. The lowest BCUT2D eigenvalue weighted by molar-refractivity contribution is 0.992. The summed E-state index contributed by atoms with van der Waals surface area (Å²) in [5.74, 6) is 0. The Hall–Kier alpha value is -0.520.